The third-order valence-corrected chi connectivity index (χ3v) is 3.67. The molecule has 1 amide bonds. The fourth-order valence-electron chi connectivity index (χ4n) is 2.23. The number of carbonyl (C=O) groups excluding carboxylic acids is 1. The molecular weight excluding hydrogens is 317 g/mol. The Morgan fingerprint density at radius 3 is 2.83 bits per heavy atom. The summed E-state index contributed by atoms with van der Waals surface area (Å²) in [6, 6.07) is 11.6. The van der Waals surface area contributed by atoms with Gasteiger partial charge in [0, 0.05) is 34.2 Å². The summed E-state index contributed by atoms with van der Waals surface area (Å²) in [6.45, 7) is 0. The molecule has 0 fully saturated rings. The number of imidazole rings is 1. The number of aromatic amines is 1. The average Bonchev–Trinajstić information content (AvgIpc) is 3.06. The molecular formula is C17H13ClFN3O. The summed E-state index contributed by atoms with van der Waals surface area (Å²) in [5.41, 5.74) is 1.64. The van der Waals surface area contributed by atoms with E-state index in [9.17, 15) is 9.18 Å². The Hall–Kier alpha value is -2.66. The predicted octanol–water partition coefficient (Wildman–Crippen LogP) is 4.05. The SMILES string of the molecule is O=C(Cc1c(F)cccc1Cl)Nc1cccc(-c2ncc[nH]2)c1. The molecule has 0 radical (unpaired) electrons. The average molecular weight is 330 g/mol. The van der Waals surface area contributed by atoms with Crippen LogP contribution < -0.4 is 5.32 Å². The van der Waals surface area contributed by atoms with E-state index >= 15 is 0 Å². The first-order valence-electron chi connectivity index (χ1n) is 6.96. The van der Waals surface area contributed by atoms with Gasteiger partial charge in [0.1, 0.15) is 11.6 Å². The number of halogens is 2. The third kappa shape index (κ3) is 3.57. The molecule has 3 rings (SSSR count). The Morgan fingerprint density at radius 1 is 1.26 bits per heavy atom. The van der Waals surface area contributed by atoms with Crippen molar-refractivity contribution in [2.24, 2.45) is 0 Å². The second-order valence-corrected chi connectivity index (χ2v) is 5.35. The molecule has 3 aromatic rings. The molecule has 2 N–H and O–H groups in total. The molecule has 0 saturated heterocycles. The van der Waals surface area contributed by atoms with Gasteiger partial charge in [0.2, 0.25) is 5.91 Å². The summed E-state index contributed by atoms with van der Waals surface area (Å²) in [7, 11) is 0. The van der Waals surface area contributed by atoms with Crippen LogP contribution in [0.5, 0.6) is 0 Å². The van der Waals surface area contributed by atoms with E-state index in [4.69, 9.17) is 11.6 Å². The van der Waals surface area contributed by atoms with Crippen LogP contribution >= 0.6 is 11.6 Å². The Bertz CT molecular complexity index is 813. The van der Waals surface area contributed by atoms with Crippen LogP contribution in [0.2, 0.25) is 5.02 Å². The van der Waals surface area contributed by atoms with E-state index in [0.29, 0.717) is 11.5 Å². The van der Waals surface area contributed by atoms with E-state index in [1.54, 1.807) is 30.6 Å². The first-order valence-corrected chi connectivity index (χ1v) is 7.34. The molecule has 1 aromatic heterocycles. The van der Waals surface area contributed by atoms with Gasteiger partial charge in [0.25, 0.3) is 0 Å². The molecule has 0 atom stereocenters. The highest BCUT2D eigenvalue weighted by atomic mass is 35.5. The number of nitrogens with zero attached hydrogens (tertiary/aromatic N) is 1. The zero-order chi connectivity index (χ0) is 16.2. The van der Waals surface area contributed by atoms with E-state index in [1.807, 2.05) is 12.1 Å². The highest BCUT2D eigenvalue weighted by molar-refractivity contribution is 6.31. The van der Waals surface area contributed by atoms with Gasteiger partial charge in [-0.05, 0) is 24.3 Å². The van der Waals surface area contributed by atoms with Crippen LogP contribution in [0.3, 0.4) is 0 Å². The van der Waals surface area contributed by atoms with Crippen molar-refractivity contribution in [3.63, 3.8) is 0 Å². The molecule has 2 aromatic carbocycles. The van der Waals surface area contributed by atoms with Crippen LogP contribution in [0.4, 0.5) is 10.1 Å². The molecule has 4 nitrogen and oxygen atoms in total. The second kappa shape index (κ2) is 6.62. The summed E-state index contributed by atoms with van der Waals surface area (Å²) >= 11 is 5.94. The highest BCUT2D eigenvalue weighted by Gasteiger charge is 2.12. The van der Waals surface area contributed by atoms with Gasteiger partial charge in [0.15, 0.2) is 0 Å². The molecule has 0 bridgehead atoms. The molecule has 0 saturated carbocycles. The van der Waals surface area contributed by atoms with Crippen molar-refractivity contribution in [2.45, 2.75) is 6.42 Å². The van der Waals surface area contributed by atoms with Crippen molar-refractivity contribution in [1.29, 1.82) is 0 Å². The molecule has 0 aliphatic heterocycles. The van der Waals surface area contributed by atoms with Gasteiger partial charge >= 0.3 is 0 Å². The van der Waals surface area contributed by atoms with E-state index in [2.05, 4.69) is 15.3 Å². The molecule has 23 heavy (non-hydrogen) atoms. The van der Waals surface area contributed by atoms with Gasteiger partial charge < -0.3 is 10.3 Å². The second-order valence-electron chi connectivity index (χ2n) is 4.94. The summed E-state index contributed by atoms with van der Waals surface area (Å²) in [5, 5.41) is 2.98. The first-order chi connectivity index (χ1) is 11.1. The standard InChI is InChI=1S/C17H13ClFN3O/c18-14-5-2-6-15(19)13(14)10-16(23)22-12-4-1-3-11(9-12)17-20-7-8-21-17/h1-9H,10H2,(H,20,21)(H,22,23). The molecule has 0 spiro atoms. The van der Waals surface area contributed by atoms with Gasteiger partial charge in [-0.25, -0.2) is 9.37 Å². The van der Waals surface area contributed by atoms with Crippen LogP contribution in [-0.4, -0.2) is 15.9 Å². The van der Waals surface area contributed by atoms with Crippen molar-refractivity contribution in [3.05, 3.63) is 71.3 Å². The number of anilines is 1. The smallest absolute Gasteiger partial charge is 0.228 e. The largest absolute Gasteiger partial charge is 0.345 e. The number of rotatable bonds is 4. The maximum Gasteiger partial charge on any atom is 0.228 e. The summed E-state index contributed by atoms with van der Waals surface area (Å²) in [6.07, 6.45) is 3.25. The zero-order valence-electron chi connectivity index (χ0n) is 12.0. The van der Waals surface area contributed by atoms with Gasteiger partial charge in [-0.15, -0.1) is 0 Å². The summed E-state index contributed by atoms with van der Waals surface area (Å²) < 4.78 is 13.7. The lowest BCUT2D eigenvalue weighted by Crippen LogP contribution is -2.15. The number of H-pyrrole nitrogens is 1. The van der Waals surface area contributed by atoms with E-state index in [1.165, 1.54) is 12.1 Å². The summed E-state index contributed by atoms with van der Waals surface area (Å²) in [5.74, 6) is -0.121. The third-order valence-electron chi connectivity index (χ3n) is 3.32. The fraction of sp³-hybridized carbons (Fsp3) is 0.0588. The maximum absolute atomic E-state index is 13.7. The zero-order valence-corrected chi connectivity index (χ0v) is 12.8. The van der Waals surface area contributed by atoms with E-state index in [-0.39, 0.29) is 22.9 Å². The van der Waals surface area contributed by atoms with Crippen LogP contribution in [0.25, 0.3) is 11.4 Å². The number of benzene rings is 2. The predicted molar refractivity (Wildman–Crippen MR) is 87.8 cm³/mol. The van der Waals surface area contributed by atoms with Crippen LogP contribution in [0.15, 0.2) is 54.9 Å². The molecule has 116 valence electrons. The van der Waals surface area contributed by atoms with Crippen molar-refractivity contribution >= 4 is 23.2 Å². The number of hydrogen-bond acceptors (Lipinski definition) is 2. The van der Waals surface area contributed by atoms with Gasteiger partial charge in [-0.3, -0.25) is 4.79 Å². The van der Waals surface area contributed by atoms with Gasteiger partial charge in [-0.2, -0.15) is 0 Å². The number of aromatic nitrogens is 2. The number of hydrogen-bond donors (Lipinski definition) is 2. The Balaban J connectivity index is 1.75. The molecule has 0 unspecified atom stereocenters. The fourth-order valence-corrected chi connectivity index (χ4v) is 2.46. The minimum absolute atomic E-state index is 0.128. The molecule has 6 heteroatoms. The van der Waals surface area contributed by atoms with Gasteiger partial charge in [0.05, 0.1) is 6.42 Å². The van der Waals surface area contributed by atoms with Crippen LogP contribution in [0, 0.1) is 5.82 Å². The molecule has 1 heterocycles. The Morgan fingerprint density at radius 2 is 2.09 bits per heavy atom. The van der Waals surface area contributed by atoms with Crippen LogP contribution in [-0.2, 0) is 11.2 Å². The summed E-state index contributed by atoms with van der Waals surface area (Å²) in [4.78, 5) is 19.3. The Labute approximate surface area is 137 Å². The maximum atomic E-state index is 13.7. The van der Waals surface area contributed by atoms with Crippen molar-refractivity contribution < 1.29 is 9.18 Å². The first kappa shape index (κ1) is 15.2. The Kier molecular flexibility index (Phi) is 4.39. The minimum atomic E-state index is -0.489. The van der Waals surface area contributed by atoms with Crippen molar-refractivity contribution in [1.82, 2.24) is 9.97 Å². The minimum Gasteiger partial charge on any atom is -0.345 e. The van der Waals surface area contributed by atoms with Crippen LogP contribution in [0.1, 0.15) is 5.56 Å². The number of carbonyl (C=O) groups is 1. The molecule has 0 aliphatic rings. The number of amides is 1. The lowest BCUT2D eigenvalue weighted by atomic mass is 10.1. The highest BCUT2D eigenvalue weighted by Crippen LogP contribution is 2.22. The van der Waals surface area contributed by atoms with Crippen molar-refractivity contribution in [3.8, 4) is 11.4 Å². The topological polar surface area (TPSA) is 57.8 Å². The van der Waals surface area contributed by atoms with E-state index < -0.39 is 5.82 Å². The van der Waals surface area contributed by atoms with Gasteiger partial charge in [-0.1, -0.05) is 29.8 Å². The van der Waals surface area contributed by atoms with E-state index in [0.717, 1.165) is 5.56 Å². The lowest BCUT2D eigenvalue weighted by Gasteiger charge is -2.08. The monoisotopic (exact) mass is 329 g/mol. The lowest BCUT2D eigenvalue weighted by molar-refractivity contribution is -0.115. The normalized spacial score (nSPS) is 10.5. The number of nitrogens with one attached hydrogen (secondary N) is 2. The quantitative estimate of drug-likeness (QED) is 0.758. The van der Waals surface area contributed by atoms with Crippen molar-refractivity contribution in [2.75, 3.05) is 5.32 Å². The molecule has 0 aliphatic carbocycles.